The second-order valence-electron chi connectivity index (χ2n) is 6.35. The molecular formula is C14H25FO2. The lowest BCUT2D eigenvalue weighted by Crippen LogP contribution is -2.42. The summed E-state index contributed by atoms with van der Waals surface area (Å²) in [6.07, 6.45) is 5.90. The summed E-state index contributed by atoms with van der Waals surface area (Å²) in [5.74, 6) is -0.00816. The molecule has 1 aliphatic rings. The van der Waals surface area contributed by atoms with E-state index in [-0.39, 0.29) is 0 Å². The van der Waals surface area contributed by atoms with Crippen molar-refractivity contribution in [1.29, 1.82) is 0 Å². The summed E-state index contributed by atoms with van der Waals surface area (Å²) in [7, 11) is 0. The van der Waals surface area contributed by atoms with Crippen LogP contribution in [-0.4, -0.2) is 18.2 Å². The van der Waals surface area contributed by atoms with Crippen LogP contribution in [0.4, 0.5) is 4.39 Å². The highest BCUT2D eigenvalue weighted by Crippen LogP contribution is 2.36. The van der Waals surface area contributed by atoms with Gasteiger partial charge >= 0.3 is 5.97 Å². The Morgan fingerprint density at radius 2 is 1.71 bits per heavy atom. The standard InChI is InChI=1S/C14H25FO2/c1-13(2,10-15)12(16)17-14(3,4)11-8-6-5-7-9-11/h11H,5-10H2,1-4H3. The minimum absolute atomic E-state index is 0.413. The van der Waals surface area contributed by atoms with Gasteiger partial charge in [-0.1, -0.05) is 19.3 Å². The van der Waals surface area contributed by atoms with Gasteiger partial charge in [0.25, 0.3) is 0 Å². The second kappa shape index (κ2) is 5.36. The van der Waals surface area contributed by atoms with Crippen LogP contribution in [0.3, 0.4) is 0 Å². The molecule has 0 unspecified atom stereocenters. The zero-order valence-electron chi connectivity index (χ0n) is 11.5. The third-order valence-corrected chi connectivity index (χ3v) is 3.83. The van der Waals surface area contributed by atoms with E-state index < -0.39 is 23.7 Å². The maximum Gasteiger partial charge on any atom is 0.314 e. The van der Waals surface area contributed by atoms with Gasteiger partial charge in [-0.25, -0.2) is 4.39 Å². The van der Waals surface area contributed by atoms with Crippen molar-refractivity contribution in [2.45, 2.75) is 65.4 Å². The molecule has 1 saturated carbocycles. The Hall–Kier alpha value is -0.600. The second-order valence-corrected chi connectivity index (χ2v) is 6.35. The highest BCUT2D eigenvalue weighted by Gasteiger charge is 2.38. The van der Waals surface area contributed by atoms with Crippen molar-refractivity contribution in [2.24, 2.45) is 11.3 Å². The van der Waals surface area contributed by atoms with Crippen LogP contribution < -0.4 is 0 Å². The Bertz CT molecular complexity index is 265. The molecule has 0 amide bonds. The first-order chi connectivity index (χ1) is 7.79. The number of halogens is 1. The minimum atomic E-state index is -1.02. The summed E-state index contributed by atoms with van der Waals surface area (Å²) in [6, 6.07) is 0. The molecule has 1 rings (SSSR count). The van der Waals surface area contributed by atoms with E-state index in [1.54, 1.807) is 13.8 Å². The summed E-state index contributed by atoms with van der Waals surface area (Å²) in [6.45, 7) is 6.41. The molecule has 1 fully saturated rings. The van der Waals surface area contributed by atoms with E-state index in [2.05, 4.69) is 0 Å². The number of ether oxygens (including phenoxy) is 1. The first-order valence-electron chi connectivity index (χ1n) is 6.59. The average molecular weight is 244 g/mol. The molecule has 0 aromatic rings. The number of alkyl halides is 1. The predicted molar refractivity (Wildman–Crippen MR) is 66.5 cm³/mol. The summed E-state index contributed by atoms with van der Waals surface area (Å²) in [5, 5.41) is 0. The van der Waals surface area contributed by atoms with Gasteiger partial charge in [0.2, 0.25) is 0 Å². The molecule has 0 aromatic carbocycles. The van der Waals surface area contributed by atoms with Crippen LogP contribution in [0.1, 0.15) is 59.8 Å². The molecule has 0 aromatic heterocycles. The first-order valence-corrected chi connectivity index (χ1v) is 6.59. The van der Waals surface area contributed by atoms with E-state index in [9.17, 15) is 9.18 Å². The summed E-state index contributed by atoms with van der Waals surface area (Å²) >= 11 is 0. The van der Waals surface area contributed by atoms with Crippen molar-refractivity contribution < 1.29 is 13.9 Å². The van der Waals surface area contributed by atoms with Crippen LogP contribution in [0.15, 0.2) is 0 Å². The van der Waals surface area contributed by atoms with Gasteiger partial charge in [0.1, 0.15) is 12.3 Å². The molecule has 1 aliphatic carbocycles. The number of carbonyl (C=O) groups excluding carboxylic acids is 1. The van der Waals surface area contributed by atoms with Crippen molar-refractivity contribution >= 4 is 5.97 Å². The first kappa shape index (κ1) is 14.5. The highest BCUT2D eigenvalue weighted by molar-refractivity contribution is 5.76. The van der Waals surface area contributed by atoms with Crippen LogP contribution in [0.5, 0.6) is 0 Å². The molecule has 0 aliphatic heterocycles. The molecule has 0 radical (unpaired) electrons. The molecule has 17 heavy (non-hydrogen) atoms. The van der Waals surface area contributed by atoms with Gasteiger partial charge in [-0.2, -0.15) is 0 Å². The lowest BCUT2D eigenvalue weighted by atomic mass is 9.78. The molecule has 3 heteroatoms. The fourth-order valence-electron chi connectivity index (χ4n) is 2.31. The summed E-state index contributed by atoms with van der Waals surface area (Å²) in [4.78, 5) is 11.9. The molecule has 0 atom stereocenters. The molecule has 0 bridgehead atoms. The smallest absolute Gasteiger partial charge is 0.314 e. The van der Waals surface area contributed by atoms with Crippen LogP contribution in [0.2, 0.25) is 0 Å². The van der Waals surface area contributed by atoms with E-state index in [4.69, 9.17) is 4.74 Å². The Morgan fingerprint density at radius 1 is 1.18 bits per heavy atom. The molecule has 2 nitrogen and oxygen atoms in total. The van der Waals surface area contributed by atoms with Gasteiger partial charge < -0.3 is 4.74 Å². The zero-order chi connectivity index (χ0) is 13.1. The van der Waals surface area contributed by atoms with E-state index in [0.29, 0.717) is 5.92 Å². The third kappa shape index (κ3) is 3.68. The number of esters is 1. The van der Waals surface area contributed by atoms with Crippen molar-refractivity contribution in [3.05, 3.63) is 0 Å². The largest absolute Gasteiger partial charge is 0.459 e. The van der Waals surface area contributed by atoms with Crippen molar-refractivity contribution in [1.82, 2.24) is 0 Å². The van der Waals surface area contributed by atoms with Crippen LogP contribution >= 0.6 is 0 Å². The van der Waals surface area contributed by atoms with E-state index in [1.807, 2.05) is 13.8 Å². The lowest BCUT2D eigenvalue weighted by molar-refractivity contribution is -0.174. The van der Waals surface area contributed by atoms with Gasteiger partial charge in [0.15, 0.2) is 0 Å². The Labute approximate surface area is 104 Å². The molecule has 0 N–H and O–H groups in total. The molecule has 0 heterocycles. The highest BCUT2D eigenvalue weighted by atomic mass is 19.1. The van der Waals surface area contributed by atoms with Gasteiger partial charge in [-0.15, -0.1) is 0 Å². The normalized spacial score (nSPS) is 19.1. The Balaban J connectivity index is 2.61. The lowest BCUT2D eigenvalue weighted by Gasteiger charge is -2.38. The zero-order valence-corrected chi connectivity index (χ0v) is 11.5. The van der Waals surface area contributed by atoms with Crippen molar-refractivity contribution in [3.8, 4) is 0 Å². The molecule has 0 saturated heterocycles. The average Bonchev–Trinajstić information content (AvgIpc) is 2.29. The van der Waals surface area contributed by atoms with E-state index in [0.717, 1.165) is 12.8 Å². The minimum Gasteiger partial charge on any atom is -0.459 e. The SMILES string of the molecule is CC(C)(CF)C(=O)OC(C)(C)C1CCCCC1. The molecule has 100 valence electrons. The maximum atomic E-state index is 12.7. The van der Waals surface area contributed by atoms with Crippen LogP contribution in [0, 0.1) is 11.3 Å². The summed E-state index contributed by atoms with van der Waals surface area (Å²) in [5.41, 5.74) is -1.49. The number of hydrogen-bond acceptors (Lipinski definition) is 2. The third-order valence-electron chi connectivity index (χ3n) is 3.83. The van der Waals surface area contributed by atoms with Gasteiger partial charge in [0, 0.05) is 0 Å². The number of rotatable bonds is 4. The van der Waals surface area contributed by atoms with Gasteiger partial charge in [-0.05, 0) is 46.5 Å². The van der Waals surface area contributed by atoms with E-state index in [1.165, 1.54) is 19.3 Å². The van der Waals surface area contributed by atoms with E-state index >= 15 is 0 Å². The van der Waals surface area contributed by atoms with Crippen molar-refractivity contribution in [3.63, 3.8) is 0 Å². The van der Waals surface area contributed by atoms with Crippen LogP contribution in [-0.2, 0) is 9.53 Å². The molecular weight excluding hydrogens is 219 g/mol. The number of hydrogen-bond donors (Lipinski definition) is 0. The van der Waals surface area contributed by atoms with Gasteiger partial charge in [-0.3, -0.25) is 4.79 Å². The Kier molecular flexibility index (Phi) is 4.56. The maximum absolute atomic E-state index is 12.7. The number of carbonyl (C=O) groups is 1. The topological polar surface area (TPSA) is 26.3 Å². The Morgan fingerprint density at radius 3 is 2.18 bits per heavy atom. The van der Waals surface area contributed by atoms with Crippen LogP contribution in [0.25, 0.3) is 0 Å². The fourth-order valence-corrected chi connectivity index (χ4v) is 2.31. The van der Waals surface area contributed by atoms with Crippen molar-refractivity contribution in [2.75, 3.05) is 6.67 Å². The van der Waals surface area contributed by atoms with Gasteiger partial charge in [0.05, 0.1) is 5.41 Å². The molecule has 0 spiro atoms. The predicted octanol–water partition coefficient (Wildman–Crippen LogP) is 3.88. The quantitative estimate of drug-likeness (QED) is 0.701. The summed E-state index contributed by atoms with van der Waals surface area (Å²) < 4.78 is 18.3. The fraction of sp³-hybridized carbons (Fsp3) is 0.929. The monoisotopic (exact) mass is 244 g/mol.